The summed E-state index contributed by atoms with van der Waals surface area (Å²) in [5.41, 5.74) is 1.75. The van der Waals surface area contributed by atoms with Crippen LogP contribution in [-0.2, 0) is 6.61 Å². The molecule has 104 valence electrons. The molecular formula is C17H13NO3. The highest BCUT2D eigenvalue weighted by atomic mass is 16.5. The van der Waals surface area contributed by atoms with Gasteiger partial charge in [0.05, 0.1) is 5.52 Å². The number of fused-ring (bicyclic) bond motifs is 1. The second-order valence-corrected chi connectivity index (χ2v) is 4.61. The number of benzene rings is 2. The van der Waals surface area contributed by atoms with E-state index in [0.717, 1.165) is 10.9 Å². The molecule has 3 aromatic rings. The minimum Gasteiger partial charge on any atom is -0.477 e. The molecule has 21 heavy (non-hydrogen) atoms. The first-order valence-electron chi connectivity index (χ1n) is 6.54. The first kappa shape index (κ1) is 13.1. The van der Waals surface area contributed by atoms with E-state index >= 15 is 0 Å². The van der Waals surface area contributed by atoms with Gasteiger partial charge >= 0.3 is 5.97 Å². The van der Waals surface area contributed by atoms with E-state index in [1.807, 2.05) is 54.6 Å². The molecule has 4 nitrogen and oxygen atoms in total. The summed E-state index contributed by atoms with van der Waals surface area (Å²) >= 11 is 0. The van der Waals surface area contributed by atoms with Gasteiger partial charge < -0.3 is 9.84 Å². The van der Waals surface area contributed by atoms with Crippen molar-refractivity contribution in [1.29, 1.82) is 0 Å². The zero-order chi connectivity index (χ0) is 14.7. The first-order valence-corrected chi connectivity index (χ1v) is 6.54. The number of carbonyl (C=O) groups is 1. The first-order chi connectivity index (χ1) is 10.2. The van der Waals surface area contributed by atoms with Gasteiger partial charge in [-0.25, -0.2) is 9.78 Å². The van der Waals surface area contributed by atoms with Crippen molar-refractivity contribution in [2.24, 2.45) is 0 Å². The fourth-order valence-corrected chi connectivity index (χ4v) is 2.09. The number of pyridine rings is 1. The maximum absolute atomic E-state index is 11.4. The van der Waals surface area contributed by atoms with E-state index in [4.69, 9.17) is 4.74 Å². The Labute approximate surface area is 121 Å². The van der Waals surface area contributed by atoms with Crippen LogP contribution in [0.15, 0.2) is 60.7 Å². The number of ether oxygens (including phenoxy) is 1. The van der Waals surface area contributed by atoms with Gasteiger partial charge in [-0.2, -0.15) is 0 Å². The molecule has 0 unspecified atom stereocenters. The van der Waals surface area contributed by atoms with Gasteiger partial charge in [0.15, 0.2) is 0 Å². The lowest BCUT2D eigenvalue weighted by Gasteiger charge is -2.09. The number of carboxylic acids is 1. The van der Waals surface area contributed by atoms with Crippen molar-refractivity contribution in [2.45, 2.75) is 6.61 Å². The number of para-hydroxylation sites is 1. The molecule has 0 spiro atoms. The second-order valence-electron chi connectivity index (χ2n) is 4.61. The predicted octanol–water partition coefficient (Wildman–Crippen LogP) is 3.51. The zero-order valence-electron chi connectivity index (χ0n) is 11.2. The molecule has 2 aromatic carbocycles. The van der Waals surface area contributed by atoms with E-state index < -0.39 is 5.97 Å². The van der Waals surface area contributed by atoms with E-state index in [0.29, 0.717) is 5.52 Å². The summed E-state index contributed by atoms with van der Waals surface area (Å²) < 4.78 is 5.60. The molecule has 0 bridgehead atoms. The molecule has 1 aromatic heterocycles. The topological polar surface area (TPSA) is 59.4 Å². The fourth-order valence-electron chi connectivity index (χ4n) is 2.09. The van der Waals surface area contributed by atoms with Crippen LogP contribution in [0, 0.1) is 0 Å². The van der Waals surface area contributed by atoms with Crippen molar-refractivity contribution in [2.75, 3.05) is 0 Å². The van der Waals surface area contributed by atoms with Crippen molar-refractivity contribution in [3.63, 3.8) is 0 Å². The van der Waals surface area contributed by atoms with E-state index in [9.17, 15) is 9.90 Å². The van der Waals surface area contributed by atoms with E-state index in [1.165, 1.54) is 0 Å². The molecule has 0 fully saturated rings. The van der Waals surface area contributed by atoms with Crippen LogP contribution in [0.4, 0.5) is 0 Å². The summed E-state index contributed by atoms with van der Waals surface area (Å²) in [6.45, 7) is 0.284. The summed E-state index contributed by atoms with van der Waals surface area (Å²) in [7, 11) is 0. The minimum atomic E-state index is -1.05. The Morgan fingerprint density at radius 1 is 1.05 bits per heavy atom. The predicted molar refractivity (Wildman–Crippen MR) is 79.5 cm³/mol. The molecule has 0 aliphatic carbocycles. The number of aromatic carboxylic acids is 1. The lowest BCUT2D eigenvalue weighted by atomic mass is 10.1. The van der Waals surface area contributed by atoms with Gasteiger partial charge in [0.2, 0.25) is 5.88 Å². The molecule has 0 atom stereocenters. The molecule has 0 aliphatic heterocycles. The SMILES string of the molecule is O=C(O)c1cc2ccccc2nc1OCc1ccccc1. The summed E-state index contributed by atoms with van der Waals surface area (Å²) in [4.78, 5) is 15.7. The molecule has 0 aliphatic rings. The smallest absolute Gasteiger partial charge is 0.341 e. The van der Waals surface area contributed by atoms with Crippen LogP contribution in [0.3, 0.4) is 0 Å². The van der Waals surface area contributed by atoms with Gasteiger partial charge in [0, 0.05) is 5.39 Å². The van der Waals surface area contributed by atoms with Crippen molar-refractivity contribution < 1.29 is 14.6 Å². The highest BCUT2D eigenvalue weighted by molar-refractivity contribution is 5.95. The quantitative estimate of drug-likeness (QED) is 0.794. The van der Waals surface area contributed by atoms with Crippen molar-refractivity contribution in [1.82, 2.24) is 4.98 Å². The zero-order valence-corrected chi connectivity index (χ0v) is 11.2. The van der Waals surface area contributed by atoms with E-state index in [2.05, 4.69) is 4.98 Å². The molecule has 0 saturated carbocycles. The van der Waals surface area contributed by atoms with Gasteiger partial charge in [-0.05, 0) is 17.7 Å². The van der Waals surface area contributed by atoms with Crippen LogP contribution >= 0.6 is 0 Å². The van der Waals surface area contributed by atoms with Crippen molar-refractivity contribution >= 4 is 16.9 Å². The van der Waals surface area contributed by atoms with Crippen molar-refractivity contribution in [3.8, 4) is 5.88 Å². The van der Waals surface area contributed by atoms with Crippen LogP contribution in [0.25, 0.3) is 10.9 Å². The third-order valence-electron chi connectivity index (χ3n) is 3.14. The van der Waals surface area contributed by atoms with Crippen LogP contribution in [0.2, 0.25) is 0 Å². The number of rotatable bonds is 4. The summed E-state index contributed by atoms with van der Waals surface area (Å²) in [6.07, 6.45) is 0. The average molecular weight is 279 g/mol. The normalized spacial score (nSPS) is 10.5. The van der Waals surface area contributed by atoms with Gasteiger partial charge in [-0.15, -0.1) is 0 Å². The number of aromatic nitrogens is 1. The Balaban J connectivity index is 1.96. The fraction of sp³-hybridized carbons (Fsp3) is 0.0588. The Bertz CT molecular complexity index is 784. The summed E-state index contributed by atoms with van der Waals surface area (Å²) in [6, 6.07) is 18.5. The number of carboxylic acid groups (broad SMARTS) is 1. The van der Waals surface area contributed by atoms with Crippen LogP contribution in [0.1, 0.15) is 15.9 Å². The Morgan fingerprint density at radius 2 is 1.76 bits per heavy atom. The molecular weight excluding hydrogens is 266 g/mol. The van der Waals surface area contributed by atoms with Crippen LogP contribution in [0.5, 0.6) is 5.88 Å². The Kier molecular flexibility index (Phi) is 3.51. The van der Waals surface area contributed by atoms with Crippen LogP contribution < -0.4 is 4.74 Å². The van der Waals surface area contributed by atoms with E-state index in [1.54, 1.807) is 6.07 Å². The second kappa shape index (κ2) is 5.63. The molecule has 1 heterocycles. The lowest BCUT2D eigenvalue weighted by molar-refractivity contribution is 0.0691. The largest absolute Gasteiger partial charge is 0.477 e. The summed E-state index contributed by atoms with van der Waals surface area (Å²) in [5, 5.41) is 10.1. The van der Waals surface area contributed by atoms with Gasteiger partial charge in [-0.1, -0.05) is 48.5 Å². The number of nitrogens with zero attached hydrogens (tertiary/aromatic N) is 1. The molecule has 3 rings (SSSR count). The highest BCUT2D eigenvalue weighted by Crippen LogP contribution is 2.23. The molecule has 0 saturated heterocycles. The Morgan fingerprint density at radius 3 is 2.52 bits per heavy atom. The van der Waals surface area contributed by atoms with Gasteiger partial charge in [0.25, 0.3) is 0 Å². The lowest BCUT2D eigenvalue weighted by Crippen LogP contribution is -2.05. The van der Waals surface area contributed by atoms with E-state index in [-0.39, 0.29) is 18.1 Å². The molecule has 0 amide bonds. The average Bonchev–Trinajstić information content (AvgIpc) is 2.53. The standard InChI is InChI=1S/C17H13NO3/c19-17(20)14-10-13-8-4-5-9-15(13)18-16(14)21-11-12-6-2-1-3-7-12/h1-10H,11H2,(H,19,20). The van der Waals surface area contributed by atoms with Crippen molar-refractivity contribution in [3.05, 3.63) is 71.8 Å². The highest BCUT2D eigenvalue weighted by Gasteiger charge is 2.14. The third kappa shape index (κ3) is 2.84. The summed E-state index contributed by atoms with van der Waals surface area (Å²) in [5.74, 6) is -0.902. The molecule has 1 N–H and O–H groups in total. The minimum absolute atomic E-state index is 0.0737. The maximum atomic E-state index is 11.4. The van der Waals surface area contributed by atoms with Gasteiger partial charge in [-0.3, -0.25) is 0 Å². The maximum Gasteiger partial charge on any atom is 0.341 e. The molecule has 4 heteroatoms. The monoisotopic (exact) mass is 279 g/mol. The van der Waals surface area contributed by atoms with Crippen LogP contribution in [-0.4, -0.2) is 16.1 Å². The Hall–Kier alpha value is -2.88. The molecule has 0 radical (unpaired) electrons. The number of hydrogen-bond acceptors (Lipinski definition) is 3. The third-order valence-corrected chi connectivity index (χ3v) is 3.14. The van der Waals surface area contributed by atoms with Gasteiger partial charge in [0.1, 0.15) is 12.2 Å². The number of hydrogen-bond donors (Lipinski definition) is 1.